The predicted molar refractivity (Wildman–Crippen MR) is 144 cm³/mol. The van der Waals surface area contributed by atoms with Gasteiger partial charge in [-0.15, -0.1) is 0 Å². The molecule has 3 fully saturated rings. The van der Waals surface area contributed by atoms with Crippen LogP contribution in [0.5, 0.6) is 0 Å². The molecule has 1 unspecified atom stereocenters. The highest BCUT2D eigenvalue weighted by atomic mass is 16.5. The average molecular weight is 500 g/mol. The molecule has 0 aliphatic heterocycles. The number of aliphatic hydroxyl groups excluding tert-OH is 2. The van der Waals surface area contributed by atoms with Gasteiger partial charge in [0.25, 0.3) is 0 Å². The number of hydrogen-bond acceptors (Lipinski definition) is 5. The third-order valence-electron chi connectivity index (χ3n) is 9.30. The number of rotatable bonds is 10. The fourth-order valence-corrected chi connectivity index (χ4v) is 7.30. The van der Waals surface area contributed by atoms with E-state index < -0.39 is 23.9 Å². The quantitative estimate of drug-likeness (QED) is 0.320. The molecule has 3 saturated carbocycles. The van der Waals surface area contributed by atoms with E-state index in [1.165, 1.54) is 37.7 Å². The van der Waals surface area contributed by atoms with Crippen LogP contribution in [0.15, 0.2) is 35.5 Å². The van der Waals surface area contributed by atoms with Crippen molar-refractivity contribution in [3.63, 3.8) is 0 Å². The third kappa shape index (κ3) is 6.90. The average Bonchev–Trinajstić information content (AvgIpc) is 3.16. The minimum Gasteiger partial charge on any atom is -0.390 e. The number of hydrogen-bond donors (Lipinski definition) is 3. The summed E-state index contributed by atoms with van der Waals surface area (Å²) in [6.07, 6.45) is 12.6. The van der Waals surface area contributed by atoms with Crippen molar-refractivity contribution in [2.75, 3.05) is 6.61 Å². The summed E-state index contributed by atoms with van der Waals surface area (Å²) in [6.45, 7) is 13.2. The Bertz CT molecular complexity index is 863. The molecule has 36 heavy (non-hydrogen) atoms. The summed E-state index contributed by atoms with van der Waals surface area (Å²) in [5.41, 5.74) is 2.78. The molecule has 5 nitrogen and oxygen atoms in total. The Hall–Kier alpha value is -1.45. The highest BCUT2D eigenvalue weighted by Gasteiger charge is 2.50. The largest absolute Gasteiger partial charge is 0.390 e. The van der Waals surface area contributed by atoms with Crippen LogP contribution < -0.4 is 0 Å². The lowest BCUT2D eigenvalue weighted by Crippen LogP contribution is -2.45. The predicted octanol–water partition coefficient (Wildman–Crippen LogP) is 6.00. The zero-order chi connectivity index (χ0) is 26.5. The van der Waals surface area contributed by atoms with Gasteiger partial charge in [-0.05, 0) is 93.1 Å². The molecular formula is C31H49NO4. The summed E-state index contributed by atoms with van der Waals surface area (Å²) in [5, 5.41) is 40.2. The lowest BCUT2D eigenvalue weighted by Gasteiger charge is -2.44. The number of nitrogens with zero attached hydrogens (tertiary/aromatic N) is 1. The first-order valence-corrected chi connectivity index (χ1v) is 14.1. The second-order valence-electron chi connectivity index (χ2n) is 12.5. The smallest absolute Gasteiger partial charge is 0.114 e. The fourth-order valence-electron chi connectivity index (χ4n) is 7.30. The first-order valence-electron chi connectivity index (χ1n) is 14.1. The highest BCUT2D eigenvalue weighted by Crippen LogP contribution is 2.60. The van der Waals surface area contributed by atoms with Gasteiger partial charge in [-0.2, -0.15) is 5.26 Å². The maximum Gasteiger partial charge on any atom is 0.114 e. The summed E-state index contributed by atoms with van der Waals surface area (Å²) in [6, 6.07) is 2.09. The van der Waals surface area contributed by atoms with E-state index in [-0.39, 0.29) is 0 Å². The lowest BCUT2D eigenvalue weighted by atomic mass is 9.60. The van der Waals surface area contributed by atoms with E-state index in [1.807, 2.05) is 13.8 Å². The van der Waals surface area contributed by atoms with Gasteiger partial charge < -0.3 is 20.1 Å². The summed E-state index contributed by atoms with van der Waals surface area (Å²) in [4.78, 5) is 0. The molecule has 0 saturated heterocycles. The van der Waals surface area contributed by atoms with Crippen molar-refractivity contribution in [1.29, 1.82) is 5.26 Å². The molecular weight excluding hydrogens is 450 g/mol. The molecule has 0 spiro atoms. The Kier molecular flexibility index (Phi) is 10.0. The lowest BCUT2D eigenvalue weighted by molar-refractivity contribution is -0.0951. The Morgan fingerprint density at radius 2 is 2.00 bits per heavy atom. The van der Waals surface area contributed by atoms with Gasteiger partial charge in [-0.1, -0.05) is 51.0 Å². The van der Waals surface area contributed by atoms with Crippen molar-refractivity contribution < 1.29 is 20.1 Å². The molecule has 0 heterocycles. The molecule has 5 heteroatoms. The van der Waals surface area contributed by atoms with E-state index in [2.05, 4.69) is 38.6 Å². The Balaban J connectivity index is 1.66. The first kappa shape index (κ1) is 29.1. The van der Waals surface area contributed by atoms with Gasteiger partial charge in [0.1, 0.15) is 12.2 Å². The standard InChI is InChI=1S/C31H49NO4/c1-21(10-8-16-30(3,4)35)25-14-15-26-23(11-9-17-31(25,26)5)12-13-24-20-27(33)29(28(34)22(24)2)36-19-7-6-18-32/h12-13,21,25-29,33-35H,2,6-11,14-17,19-20H2,1,3-5H3/b23-12+,24-13-/t21-,25-,26+,27-,28-,29?,31-/m1/s1. The second kappa shape index (κ2) is 12.4. The van der Waals surface area contributed by atoms with Crippen LogP contribution in [0.25, 0.3) is 0 Å². The SMILES string of the molecule is C=C1/C(=C\C=C2/CCC[C@]3(C)[C@@H]([C@H](C)CCCC(C)(C)O)CC[C@@H]23)C[C@@H](O)C(OCCCC#N)[C@@H]1O. The minimum atomic E-state index is -0.933. The van der Waals surface area contributed by atoms with E-state index in [0.29, 0.717) is 54.6 Å². The van der Waals surface area contributed by atoms with Gasteiger partial charge in [0.2, 0.25) is 0 Å². The van der Waals surface area contributed by atoms with Crippen LogP contribution in [0.2, 0.25) is 0 Å². The number of fused-ring (bicyclic) bond motifs is 1. The number of ether oxygens (including phenoxy) is 1. The molecule has 3 rings (SSSR count). The van der Waals surface area contributed by atoms with Crippen molar-refractivity contribution in [1.82, 2.24) is 0 Å². The molecule has 0 aromatic rings. The summed E-state index contributed by atoms with van der Waals surface area (Å²) < 4.78 is 5.70. The van der Waals surface area contributed by atoms with E-state index in [4.69, 9.17) is 10.00 Å². The molecule has 0 bridgehead atoms. The van der Waals surface area contributed by atoms with Crippen LogP contribution in [-0.4, -0.2) is 45.8 Å². The first-order chi connectivity index (χ1) is 17.0. The summed E-state index contributed by atoms with van der Waals surface area (Å²) in [5.74, 6) is 1.97. The Morgan fingerprint density at radius 3 is 2.69 bits per heavy atom. The summed E-state index contributed by atoms with van der Waals surface area (Å²) in [7, 11) is 0. The van der Waals surface area contributed by atoms with Crippen molar-refractivity contribution in [3.8, 4) is 6.07 Å². The van der Waals surface area contributed by atoms with Crippen molar-refractivity contribution in [2.45, 2.75) is 122 Å². The van der Waals surface area contributed by atoms with Gasteiger partial charge in [0.05, 0.1) is 17.8 Å². The monoisotopic (exact) mass is 499 g/mol. The van der Waals surface area contributed by atoms with Crippen LogP contribution in [0.1, 0.15) is 98.3 Å². The number of unbranched alkanes of at least 4 members (excludes halogenated alkanes) is 1. The number of aliphatic hydroxyl groups is 3. The molecule has 7 atom stereocenters. The number of nitriles is 1. The van der Waals surface area contributed by atoms with Gasteiger partial charge in [-0.3, -0.25) is 0 Å². The van der Waals surface area contributed by atoms with Crippen LogP contribution in [-0.2, 0) is 4.74 Å². The highest BCUT2D eigenvalue weighted by molar-refractivity contribution is 5.40. The van der Waals surface area contributed by atoms with E-state index in [9.17, 15) is 15.3 Å². The molecule has 0 aromatic carbocycles. The normalized spacial score (nSPS) is 36.2. The fraction of sp³-hybridized carbons (Fsp3) is 0.774. The molecule has 0 radical (unpaired) electrons. The number of allylic oxidation sites excluding steroid dienone is 3. The van der Waals surface area contributed by atoms with E-state index >= 15 is 0 Å². The molecule has 3 aliphatic carbocycles. The van der Waals surface area contributed by atoms with Crippen molar-refractivity contribution in [3.05, 3.63) is 35.5 Å². The Morgan fingerprint density at radius 1 is 1.25 bits per heavy atom. The molecule has 202 valence electrons. The molecule has 3 aliphatic rings. The van der Waals surface area contributed by atoms with Crippen LogP contribution in [0.3, 0.4) is 0 Å². The topological polar surface area (TPSA) is 93.7 Å². The van der Waals surface area contributed by atoms with E-state index in [1.54, 1.807) is 0 Å². The molecule has 3 N–H and O–H groups in total. The third-order valence-corrected chi connectivity index (χ3v) is 9.30. The van der Waals surface area contributed by atoms with Crippen LogP contribution >= 0.6 is 0 Å². The Labute approximate surface area is 218 Å². The van der Waals surface area contributed by atoms with Gasteiger partial charge in [0.15, 0.2) is 0 Å². The summed E-state index contributed by atoms with van der Waals surface area (Å²) >= 11 is 0. The molecule has 0 amide bonds. The van der Waals surface area contributed by atoms with Gasteiger partial charge >= 0.3 is 0 Å². The van der Waals surface area contributed by atoms with Gasteiger partial charge in [-0.25, -0.2) is 0 Å². The maximum absolute atomic E-state index is 10.8. The van der Waals surface area contributed by atoms with Crippen molar-refractivity contribution >= 4 is 0 Å². The van der Waals surface area contributed by atoms with Crippen molar-refractivity contribution in [2.24, 2.45) is 23.2 Å². The zero-order valence-electron chi connectivity index (χ0n) is 23.0. The van der Waals surface area contributed by atoms with Crippen LogP contribution in [0, 0.1) is 34.5 Å². The maximum atomic E-state index is 10.8. The minimum absolute atomic E-state index is 0.321. The van der Waals surface area contributed by atoms with Crippen LogP contribution in [0.4, 0.5) is 0 Å². The molecule has 0 aromatic heterocycles. The van der Waals surface area contributed by atoms with Gasteiger partial charge in [0, 0.05) is 19.4 Å². The zero-order valence-corrected chi connectivity index (χ0v) is 23.0. The second-order valence-corrected chi connectivity index (χ2v) is 12.5. The van der Waals surface area contributed by atoms with E-state index in [0.717, 1.165) is 24.8 Å².